The van der Waals surface area contributed by atoms with E-state index < -0.39 is 0 Å². The molecule has 0 unspecified atom stereocenters. The van der Waals surface area contributed by atoms with Gasteiger partial charge in [0.2, 0.25) is 0 Å². The predicted octanol–water partition coefficient (Wildman–Crippen LogP) is 3.99. The summed E-state index contributed by atoms with van der Waals surface area (Å²) in [4.78, 5) is 2.39. The van der Waals surface area contributed by atoms with E-state index in [9.17, 15) is 0 Å². The third kappa shape index (κ3) is 2.40. The second kappa shape index (κ2) is 5.35. The lowest BCUT2D eigenvalue weighted by atomic mass is 10.0. The van der Waals surface area contributed by atoms with Gasteiger partial charge in [-0.15, -0.1) is 0 Å². The number of halogens is 1. The molecule has 0 bridgehead atoms. The number of hydrogen-bond donors (Lipinski definition) is 1. The monoisotopic (exact) mass is 316 g/mol. The second-order valence-corrected chi connectivity index (χ2v) is 5.73. The molecular weight excluding hydrogens is 300 g/mol. The van der Waals surface area contributed by atoms with Gasteiger partial charge in [-0.2, -0.15) is 0 Å². The van der Waals surface area contributed by atoms with Crippen molar-refractivity contribution in [3.8, 4) is 0 Å². The maximum atomic E-state index is 5.69. The minimum absolute atomic E-state index is 0.579. The van der Waals surface area contributed by atoms with Gasteiger partial charge < -0.3 is 10.6 Å². The Morgan fingerprint density at radius 2 is 1.95 bits per heavy atom. The molecule has 0 aliphatic carbocycles. The Bertz CT molecular complexity index is 595. The van der Waals surface area contributed by atoms with E-state index in [1.54, 1.807) is 0 Å². The van der Waals surface area contributed by atoms with Crippen molar-refractivity contribution >= 4 is 27.3 Å². The van der Waals surface area contributed by atoms with Crippen LogP contribution in [-0.4, -0.2) is 6.54 Å². The van der Waals surface area contributed by atoms with Crippen LogP contribution in [-0.2, 0) is 13.0 Å². The van der Waals surface area contributed by atoms with Gasteiger partial charge in [0.1, 0.15) is 0 Å². The summed E-state index contributed by atoms with van der Waals surface area (Å²) in [7, 11) is 0. The number of rotatable bonds is 2. The summed E-state index contributed by atoms with van der Waals surface area (Å²) in [6.07, 6.45) is 2.37. The molecule has 2 nitrogen and oxygen atoms in total. The molecule has 1 aliphatic rings. The van der Waals surface area contributed by atoms with Crippen LogP contribution in [0, 0.1) is 0 Å². The standard InChI is InChI=1S/C16H17BrN2/c17-14-10-12(11-18)7-8-16(14)19-9-3-5-13-4-1-2-6-15(13)19/h1-2,4,6-8,10H,3,5,9,11,18H2. The van der Waals surface area contributed by atoms with Crippen molar-refractivity contribution in [3.05, 3.63) is 58.1 Å². The van der Waals surface area contributed by atoms with Gasteiger partial charge in [-0.1, -0.05) is 24.3 Å². The number of benzene rings is 2. The normalized spacial score (nSPS) is 14.3. The highest BCUT2D eigenvalue weighted by Gasteiger charge is 2.19. The molecule has 0 amide bonds. The predicted molar refractivity (Wildman–Crippen MR) is 83.8 cm³/mol. The zero-order valence-corrected chi connectivity index (χ0v) is 12.4. The van der Waals surface area contributed by atoms with Crippen molar-refractivity contribution in [1.82, 2.24) is 0 Å². The second-order valence-electron chi connectivity index (χ2n) is 4.87. The molecule has 0 saturated heterocycles. The fourth-order valence-electron chi connectivity index (χ4n) is 2.68. The van der Waals surface area contributed by atoms with Crippen LogP contribution in [0.25, 0.3) is 0 Å². The third-order valence-electron chi connectivity index (χ3n) is 3.65. The largest absolute Gasteiger partial charge is 0.340 e. The Hall–Kier alpha value is -1.32. The minimum atomic E-state index is 0.579. The first-order valence-corrected chi connectivity index (χ1v) is 7.43. The van der Waals surface area contributed by atoms with Crippen LogP contribution in [0.4, 0.5) is 11.4 Å². The van der Waals surface area contributed by atoms with Crippen LogP contribution in [0.3, 0.4) is 0 Å². The van der Waals surface area contributed by atoms with Crippen molar-refractivity contribution < 1.29 is 0 Å². The van der Waals surface area contributed by atoms with Crippen molar-refractivity contribution in [1.29, 1.82) is 0 Å². The molecule has 2 aromatic carbocycles. The van der Waals surface area contributed by atoms with Crippen LogP contribution < -0.4 is 10.6 Å². The summed E-state index contributed by atoms with van der Waals surface area (Å²) in [5, 5.41) is 0. The molecule has 0 aromatic heterocycles. The fraction of sp³-hybridized carbons (Fsp3) is 0.250. The Balaban J connectivity index is 2.04. The highest BCUT2D eigenvalue weighted by atomic mass is 79.9. The minimum Gasteiger partial charge on any atom is -0.340 e. The SMILES string of the molecule is NCc1ccc(N2CCCc3ccccc32)c(Br)c1. The molecule has 2 aromatic rings. The van der Waals surface area contributed by atoms with Gasteiger partial charge >= 0.3 is 0 Å². The highest BCUT2D eigenvalue weighted by Crippen LogP contribution is 2.37. The van der Waals surface area contributed by atoms with Crippen LogP contribution in [0.5, 0.6) is 0 Å². The maximum Gasteiger partial charge on any atom is 0.0555 e. The Morgan fingerprint density at radius 3 is 2.74 bits per heavy atom. The van der Waals surface area contributed by atoms with E-state index in [0.717, 1.165) is 16.6 Å². The number of anilines is 2. The lowest BCUT2D eigenvalue weighted by molar-refractivity contribution is 0.766. The first kappa shape index (κ1) is 12.7. The molecule has 0 spiro atoms. The van der Waals surface area contributed by atoms with Gasteiger partial charge in [0, 0.05) is 23.2 Å². The number of nitrogens with zero attached hydrogens (tertiary/aromatic N) is 1. The molecule has 0 atom stereocenters. The van der Waals surface area contributed by atoms with Crippen LogP contribution in [0.2, 0.25) is 0 Å². The van der Waals surface area contributed by atoms with Gasteiger partial charge in [0.15, 0.2) is 0 Å². The lowest BCUT2D eigenvalue weighted by Crippen LogP contribution is -2.24. The fourth-order valence-corrected chi connectivity index (χ4v) is 3.32. The first-order valence-electron chi connectivity index (χ1n) is 6.63. The highest BCUT2D eigenvalue weighted by molar-refractivity contribution is 9.10. The molecule has 98 valence electrons. The molecule has 3 rings (SSSR count). The molecule has 0 radical (unpaired) electrons. The average Bonchev–Trinajstić information content (AvgIpc) is 2.46. The summed E-state index contributed by atoms with van der Waals surface area (Å²) < 4.78 is 1.12. The zero-order valence-electron chi connectivity index (χ0n) is 10.8. The lowest BCUT2D eigenvalue weighted by Gasteiger charge is -2.32. The maximum absolute atomic E-state index is 5.69. The Morgan fingerprint density at radius 1 is 1.11 bits per heavy atom. The Kier molecular flexibility index (Phi) is 3.58. The van der Waals surface area contributed by atoms with E-state index in [1.165, 1.54) is 29.8 Å². The Labute approximate surface area is 122 Å². The van der Waals surface area contributed by atoms with E-state index in [4.69, 9.17) is 5.73 Å². The molecule has 1 aliphatic heterocycles. The van der Waals surface area contributed by atoms with E-state index in [2.05, 4.69) is 63.3 Å². The summed E-state index contributed by atoms with van der Waals surface area (Å²) in [6.45, 7) is 1.65. The summed E-state index contributed by atoms with van der Waals surface area (Å²) in [6, 6.07) is 15.0. The summed E-state index contributed by atoms with van der Waals surface area (Å²) in [5.41, 5.74) is 10.8. The van der Waals surface area contributed by atoms with Gasteiger partial charge in [-0.25, -0.2) is 0 Å². The first-order chi connectivity index (χ1) is 9.29. The quantitative estimate of drug-likeness (QED) is 0.907. The van der Waals surface area contributed by atoms with Crippen molar-refractivity contribution in [3.63, 3.8) is 0 Å². The smallest absolute Gasteiger partial charge is 0.0555 e. The van der Waals surface area contributed by atoms with Crippen LogP contribution in [0.15, 0.2) is 46.9 Å². The van der Waals surface area contributed by atoms with Gasteiger partial charge in [0.25, 0.3) is 0 Å². The number of para-hydroxylation sites is 1. The van der Waals surface area contributed by atoms with Crippen molar-refractivity contribution in [2.75, 3.05) is 11.4 Å². The zero-order chi connectivity index (χ0) is 13.2. The van der Waals surface area contributed by atoms with Gasteiger partial charge in [0.05, 0.1) is 5.69 Å². The molecule has 1 heterocycles. The van der Waals surface area contributed by atoms with Crippen molar-refractivity contribution in [2.45, 2.75) is 19.4 Å². The molecule has 2 N–H and O–H groups in total. The van der Waals surface area contributed by atoms with E-state index in [-0.39, 0.29) is 0 Å². The van der Waals surface area contributed by atoms with Crippen LogP contribution in [0.1, 0.15) is 17.5 Å². The molecular formula is C16H17BrN2. The third-order valence-corrected chi connectivity index (χ3v) is 4.28. The summed E-state index contributed by atoms with van der Waals surface area (Å²) >= 11 is 3.68. The molecule has 0 fully saturated rings. The summed E-state index contributed by atoms with van der Waals surface area (Å²) in [5.74, 6) is 0. The number of fused-ring (bicyclic) bond motifs is 1. The number of nitrogens with two attached hydrogens (primary N) is 1. The number of hydrogen-bond acceptors (Lipinski definition) is 2. The van der Waals surface area contributed by atoms with Gasteiger partial charge in [-0.3, -0.25) is 0 Å². The van der Waals surface area contributed by atoms with E-state index >= 15 is 0 Å². The van der Waals surface area contributed by atoms with Crippen molar-refractivity contribution in [2.24, 2.45) is 5.73 Å². The molecule has 19 heavy (non-hydrogen) atoms. The van der Waals surface area contributed by atoms with Gasteiger partial charge in [-0.05, 0) is 58.1 Å². The topological polar surface area (TPSA) is 29.3 Å². The van der Waals surface area contributed by atoms with Crippen LogP contribution >= 0.6 is 15.9 Å². The number of aryl methyl sites for hydroxylation is 1. The van der Waals surface area contributed by atoms with E-state index in [0.29, 0.717) is 6.54 Å². The average molecular weight is 317 g/mol. The van der Waals surface area contributed by atoms with E-state index in [1.807, 2.05) is 0 Å². The molecule has 3 heteroatoms. The molecule has 0 saturated carbocycles.